The van der Waals surface area contributed by atoms with Crippen LogP contribution in [0.4, 0.5) is 5.69 Å². The van der Waals surface area contributed by atoms with E-state index in [2.05, 4.69) is 5.32 Å². The monoisotopic (exact) mass is 310 g/mol. The van der Waals surface area contributed by atoms with Gasteiger partial charge in [0.2, 0.25) is 15.9 Å². The van der Waals surface area contributed by atoms with E-state index in [1.54, 1.807) is 0 Å². The Balaban J connectivity index is 2.12. The minimum Gasteiger partial charge on any atom is -0.324 e. The molecule has 5 nitrogen and oxygen atoms in total. The molecule has 1 aliphatic rings. The van der Waals surface area contributed by atoms with E-state index in [0.29, 0.717) is 0 Å². The van der Waals surface area contributed by atoms with Gasteiger partial charge in [0, 0.05) is 11.7 Å². The molecule has 1 aliphatic carbocycles. The fourth-order valence-electron chi connectivity index (χ4n) is 2.58. The molecule has 116 valence electrons. The molecule has 0 atom stereocenters. The third-order valence-electron chi connectivity index (χ3n) is 3.62. The Kier molecular flexibility index (Phi) is 4.39. The first-order valence-corrected chi connectivity index (χ1v) is 8.88. The van der Waals surface area contributed by atoms with Crippen molar-refractivity contribution in [2.45, 2.75) is 39.7 Å². The van der Waals surface area contributed by atoms with Gasteiger partial charge >= 0.3 is 0 Å². The second-order valence-corrected chi connectivity index (χ2v) is 7.80. The number of nitrogens with zero attached hydrogens (tertiary/aromatic N) is 1. The minimum atomic E-state index is -3.34. The zero-order valence-electron chi connectivity index (χ0n) is 12.9. The van der Waals surface area contributed by atoms with Crippen molar-refractivity contribution in [2.75, 3.05) is 18.1 Å². The lowest BCUT2D eigenvalue weighted by Gasteiger charge is -2.20. The van der Waals surface area contributed by atoms with Gasteiger partial charge in [-0.05, 0) is 44.7 Å². The van der Waals surface area contributed by atoms with Gasteiger partial charge in [-0.2, -0.15) is 4.31 Å². The van der Waals surface area contributed by atoms with Crippen molar-refractivity contribution in [2.24, 2.45) is 0 Å². The van der Waals surface area contributed by atoms with Crippen LogP contribution in [0.25, 0.3) is 0 Å². The van der Waals surface area contributed by atoms with Crippen LogP contribution in [0, 0.1) is 20.8 Å². The van der Waals surface area contributed by atoms with E-state index in [0.717, 1.165) is 41.5 Å². The number of nitrogens with one attached hydrogen (secondary N) is 1. The average molecular weight is 310 g/mol. The van der Waals surface area contributed by atoms with Crippen molar-refractivity contribution < 1.29 is 13.2 Å². The van der Waals surface area contributed by atoms with Crippen molar-refractivity contribution in [1.82, 2.24) is 4.31 Å². The Morgan fingerprint density at radius 2 is 1.76 bits per heavy atom. The lowest BCUT2D eigenvalue weighted by atomic mass is 10.1. The molecule has 0 unspecified atom stereocenters. The number of sulfonamides is 1. The second-order valence-electron chi connectivity index (χ2n) is 5.86. The maximum Gasteiger partial charge on any atom is 0.239 e. The van der Waals surface area contributed by atoms with Crippen molar-refractivity contribution in [3.8, 4) is 0 Å². The van der Waals surface area contributed by atoms with Crippen LogP contribution in [-0.4, -0.2) is 37.5 Å². The van der Waals surface area contributed by atoms with Gasteiger partial charge in [0.1, 0.15) is 0 Å². The summed E-state index contributed by atoms with van der Waals surface area (Å²) in [5.41, 5.74) is 3.88. The van der Waals surface area contributed by atoms with E-state index in [1.165, 1.54) is 4.31 Å². The number of hydrogen-bond donors (Lipinski definition) is 1. The molecule has 1 N–H and O–H groups in total. The molecule has 0 aromatic heterocycles. The zero-order valence-corrected chi connectivity index (χ0v) is 13.8. The van der Waals surface area contributed by atoms with E-state index in [9.17, 15) is 13.2 Å². The zero-order chi connectivity index (χ0) is 15.8. The highest BCUT2D eigenvalue weighted by atomic mass is 32.2. The lowest BCUT2D eigenvalue weighted by Crippen LogP contribution is -2.39. The van der Waals surface area contributed by atoms with Gasteiger partial charge in [0.25, 0.3) is 0 Å². The largest absolute Gasteiger partial charge is 0.324 e. The third kappa shape index (κ3) is 4.04. The van der Waals surface area contributed by atoms with Crippen molar-refractivity contribution in [3.05, 3.63) is 28.8 Å². The summed E-state index contributed by atoms with van der Waals surface area (Å²) in [5, 5.41) is 2.85. The minimum absolute atomic E-state index is 0.00837. The highest BCUT2D eigenvalue weighted by Gasteiger charge is 2.36. The molecule has 0 radical (unpaired) electrons. The molecular weight excluding hydrogens is 288 g/mol. The van der Waals surface area contributed by atoms with Crippen molar-refractivity contribution >= 4 is 21.6 Å². The highest BCUT2D eigenvalue weighted by Crippen LogP contribution is 2.29. The molecule has 21 heavy (non-hydrogen) atoms. The Bertz CT molecular complexity index is 640. The number of anilines is 1. The van der Waals surface area contributed by atoms with Crippen LogP contribution in [0.5, 0.6) is 0 Å². The quantitative estimate of drug-likeness (QED) is 0.904. The number of rotatable bonds is 5. The van der Waals surface area contributed by atoms with Crippen LogP contribution in [-0.2, 0) is 14.8 Å². The number of carbonyl (C=O) groups is 1. The van der Waals surface area contributed by atoms with Gasteiger partial charge in [0.05, 0.1) is 12.8 Å². The van der Waals surface area contributed by atoms with Crippen LogP contribution < -0.4 is 5.32 Å². The standard InChI is InChI=1S/C15H22N2O3S/c1-10-7-11(2)15(12(3)8-10)16-14(18)9-17(13-5-6-13)21(4,19)20/h7-8,13H,5-6,9H2,1-4H3,(H,16,18). The van der Waals surface area contributed by atoms with E-state index in [1.807, 2.05) is 32.9 Å². The molecular formula is C15H22N2O3S. The second kappa shape index (κ2) is 5.77. The van der Waals surface area contributed by atoms with Gasteiger partial charge in [-0.25, -0.2) is 8.42 Å². The molecule has 1 saturated carbocycles. The molecule has 0 spiro atoms. The lowest BCUT2D eigenvalue weighted by molar-refractivity contribution is -0.116. The van der Waals surface area contributed by atoms with Gasteiger partial charge in [0.15, 0.2) is 0 Å². The SMILES string of the molecule is Cc1cc(C)c(NC(=O)CN(C2CC2)S(C)(=O)=O)c(C)c1. The molecule has 0 heterocycles. The number of carbonyl (C=O) groups excluding carboxylic acids is 1. The van der Waals surface area contributed by atoms with Crippen LogP contribution in [0.2, 0.25) is 0 Å². The molecule has 1 amide bonds. The van der Waals surface area contributed by atoms with Crippen LogP contribution >= 0.6 is 0 Å². The molecule has 0 bridgehead atoms. The number of benzene rings is 1. The molecule has 1 aromatic carbocycles. The van der Waals surface area contributed by atoms with Crippen molar-refractivity contribution in [1.29, 1.82) is 0 Å². The fourth-order valence-corrected chi connectivity index (χ4v) is 3.68. The van der Waals surface area contributed by atoms with Gasteiger partial charge in [-0.15, -0.1) is 0 Å². The first-order chi connectivity index (χ1) is 9.68. The van der Waals surface area contributed by atoms with E-state index < -0.39 is 10.0 Å². The number of amides is 1. The highest BCUT2D eigenvalue weighted by molar-refractivity contribution is 7.88. The number of aryl methyl sites for hydroxylation is 3. The fraction of sp³-hybridized carbons (Fsp3) is 0.533. The topological polar surface area (TPSA) is 66.5 Å². The molecule has 0 saturated heterocycles. The molecule has 1 aromatic rings. The summed E-state index contributed by atoms with van der Waals surface area (Å²) >= 11 is 0. The Labute approximate surface area is 126 Å². The van der Waals surface area contributed by atoms with Crippen LogP contribution in [0.15, 0.2) is 12.1 Å². The maximum atomic E-state index is 12.2. The molecule has 2 rings (SSSR count). The Hall–Kier alpha value is -1.40. The maximum absolute atomic E-state index is 12.2. The van der Waals surface area contributed by atoms with Gasteiger partial charge in [-0.1, -0.05) is 17.7 Å². The smallest absolute Gasteiger partial charge is 0.239 e. The predicted octanol–water partition coefficient (Wildman–Crippen LogP) is 1.97. The average Bonchev–Trinajstić information content (AvgIpc) is 3.13. The first-order valence-electron chi connectivity index (χ1n) is 7.03. The summed E-state index contributed by atoms with van der Waals surface area (Å²) in [5.74, 6) is -0.289. The van der Waals surface area contributed by atoms with Gasteiger partial charge < -0.3 is 5.32 Å². The Morgan fingerprint density at radius 3 is 2.19 bits per heavy atom. The summed E-state index contributed by atoms with van der Waals surface area (Å²) in [7, 11) is -3.34. The van der Waals surface area contributed by atoms with Crippen LogP contribution in [0.1, 0.15) is 29.5 Å². The van der Waals surface area contributed by atoms with Gasteiger partial charge in [-0.3, -0.25) is 4.79 Å². The summed E-state index contributed by atoms with van der Waals surface area (Å²) in [6.45, 7) is 5.76. The third-order valence-corrected chi connectivity index (χ3v) is 4.90. The molecule has 0 aliphatic heterocycles. The summed E-state index contributed by atoms with van der Waals surface area (Å²) in [6.07, 6.45) is 2.83. The van der Waals surface area contributed by atoms with E-state index in [-0.39, 0.29) is 18.5 Å². The number of hydrogen-bond acceptors (Lipinski definition) is 3. The van der Waals surface area contributed by atoms with E-state index in [4.69, 9.17) is 0 Å². The summed E-state index contributed by atoms with van der Waals surface area (Å²) < 4.78 is 24.7. The van der Waals surface area contributed by atoms with E-state index >= 15 is 0 Å². The van der Waals surface area contributed by atoms with Crippen molar-refractivity contribution in [3.63, 3.8) is 0 Å². The Morgan fingerprint density at radius 1 is 1.24 bits per heavy atom. The predicted molar refractivity (Wildman–Crippen MR) is 83.9 cm³/mol. The molecule has 6 heteroatoms. The molecule has 1 fully saturated rings. The summed E-state index contributed by atoms with van der Waals surface area (Å²) in [4.78, 5) is 12.2. The summed E-state index contributed by atoms with van der Waals surface area (Å²) in [6, 6.07) is 3.99. The first kappa shape index (κ1) is 16.0. The normalized spacial score (nSPS) is 15.3. The van der Waals surface area contributed by atoms with Crippen LogP contribution in [0.3, 0.4) is 0 Å².